The van der Waals surface area contributed by atoms with Crippen LogP contribution in [-0.4, -0.2) is 23.4 Å². The Morgan fingerprint density at radius 3 is 2.62 bits per heavy atom. The first-order valence-electron chi connectivity index (χ1n) is 5.46. The molecule has 10 heteroatoms. The molecule has 2 N–H and O–H groups in total. The summed E-state index contributed by atoms with van der Waals surface area (Å²) in [6.07, 6.45) is 0. The maximum atomic E-state index is 13.8. The largest absolute Gasteiger partial charge is 0.462 e. The third kappa shape index (κ3) is 4.23. The van der Waals surface area contributed by atoms with Crippen molar-refractivity contribution in [3.63, 3.8) is 0 Å². The molecule has 0 aromatic heterocycles. The molecule has 0 aliphatic heterocycles. The molecule has 1 aromatic rings. The van der Waals surface area contributed by atoms with Crippen LogP contribution in [0.3, 0.4) is 0 Å². The van der Waals surface area contributed by atoms with E-state index < -0.39 is 34.1 Å². The van der Waals surface area contributed by atoms with Crippen molar-refractivity contribution >= 4 is 35.7 Å². The Labute approximate surface area is 129 Å². The van der Waals surface area contributed by atoms with Crippen molar-refractivity contribution in [2.45, 2.75) is 18.9 Å². The third-order valence-corrected chi connectivity index (χ3v) is 2.81. The number of nitrogens with zero attached hydrogens (tertiary/aromatic N) is 1. The number of carbonyl (C=O) groups is 1. The molecule has 0 heterocycles. The summed E-state index contributed by atoms with van der Waals surface area (Å²) in [5, 5.41) is 10.4. The number of non-ortho nitro benzene ring substituents is 1. The van der Waals surface area contributed by atoms with Crippen LogP contribution in [-0.2, 0) is 9.53 Å². The van der Waals surface area contributed by atoms with E-state index in [2.05, 4.69) is 4.74 Å². The minimum absolute atomic E-state index is 0. The molecule has 1 aromatic carbocycles. The average molecular weight is 345 g/mol. The predicted molar refractivity (Wildman–Crippen MR) is 73.9 cm³/mol. The molecule has 0 amide bonds. The van der Waals surface area contributed by atoms with Crippen LogP contribution in [0.15, 0.2) is 18.2 Å². The highest BCUT2D eigenvalue weighted by molar-refractivity contribution is 6.31. The van der Waals surface area contributed by atoms with Gasteiger partial charge in [-0.3, -0.25) is 10.1 Å². The van der Waals surface area contributed by atoms with Gasteiger partial charge in [0.2, 0.25) is 0 Å². The van der Waals surface area contributed by atoms with Crippen LogP contribution < -0.4 is 5.73 Å². The van der Waals surface area contributed by atoms with E-state index in [9.17, 15) is 23.7 Å². The van der Waals surface area contributed by atoms with Gasteiger partial charge in [-0.25, -0.2) is 4.79 Å². The van der Waals surface area contributed by atoms with E-state index in [1.165, 1.54) is 6.92 Å². The number of alkyl halides is 2. The first-order valence-corrected chi connectivity index (χ1v) is 5.84. The molecule has 1 rings (SSSR count). The highest BCUT2D eigenvalue weighted by atomic mass is 35.5. The van der Waals surface area contributed by atoms with E-state index in [1.807, 2.05) is 0 Å². The average Bonchev–Trinajstić information content (AvgIpc) is 2.38. The first-order chi connectivity index (χ1) is 9.21. The minimum Gasteiger partial charge on any atom is -0.462 e. The number of nitro groups is 1. The summed E-state index contributed by atoms with van der Waals surface area (Å²) < 4.78 is 31.8. The fraction of sp³-hybridized carbons (Fsp3) is 0.364. The van der Waals surface area contributed by atoms with Crippen molar-refractivity contribution in [2.24, 2.45) is 5.73 Å². The van der Waals surface area contributed by atoms with Gasteiger partial charge < -0.3 is 10.5 Å². The number of ether oxygens (including phenoxy) is 1. The van der Waals surface area contributed by atoms with Gasteiger partial charge in [0.25, 0.3) is 5.69 Å². The molecule has 0 bridgehead atoms. The Hall–Kier alpha value is -1.51. The van der Waals surface area contributed by atoms with Crippen LogP contribution in [0.5, 0.6) is 0 Å². The van der Waals surface area contributed by atoms with Gasteiger partial charge in [0, 0.05) is 22.7 Å². The van der Waals surface area contributed by atoms with Crippen molar-refractivity contribution in [1.82, 2.24) is 0 Å². The van der Waals surface area contributed by atoms with E-state index in [0.29, 0.717) is 0 Å². The number of carbonyl (C=O) groups excluding carboxylic acids is 1. The SMILES string of the molecule is CCOC(=O)C(F)(F)[C@H](N)c1cc([N+](=O)[O-])ccc1Cl.Cl. The van der Waals surface area contributed by atoms with Gasteiger partial charge in [0.15, 0.2) is 0 Å². The number of halogens is 4. The molecule has 1 atom stereocenters. The smallest absolute Gasteiger partial charge is 0.379 e. The van der Waals surface area contributed by atoms with Gasteiger partial charge in [-0.1, -0.05) is 11.6 Å². The topological polar surface area (TPSA) is 95.5 Å². The van der Waals surface area contributed by atoms with Crippen molar-refractivity contribution in [1.29, 1.82) is 0 Å². The van der Waals surface area contributed by atoms with Crippen LogP contribution >= 0.6 is 24.0 Å². The standard InChI is InChI=1S/C11H11ClF2N2O4.ClH/c1-2-20-10(17)11(13,14)9(15)7-5-6(16(18)19)3-4-8(7)12;/h3-5,9H,2,15H2,1H3;1H/t9-;/m1./s1. The monoisotopic (exact) mass is 344 g/mol. The molecule has 118 valence electrons. The van der Waals surface area contributed by atoms with E-state index in [-0.39, 0.29) is 24.0 Å². The lowest BCUT2D eigenvalue weighted by atomic mass is 10.0. The zero-order valence-electron chi connectivity index (χ0n) is 10.7. The normalized spacial score (nSPS) is 12.2. The fourth-order valence-electron chi connectivity index (χ4n) is 1.43. The molecule has 0 spiro atoms. The van der Waals surface area contributed by atoms with E-state index in [1.54, 1.807) is 0 Å². The second-order valence-corrected chi connectivity index (χ2v) is 4.19. The number of hydrogen-bond donors (Lipinski definition) is 1. The van der Waals surface area contributed by atoms with Gasteiger partial charge in [0.1, 0.15) is 6.04 Å². The molecule has 0 aliphatic rings. The van der Waals surface area contributed by atoms with Crippen molar-refractivity contribution in [3.05, 3.63) is 38.9 Å². The van der Waals surface area contributed by atoms with Crippen molar-refractivity contribution in [2.75, 3.05) is 6.61 Å². The highest BCUT2D eigenvalue weighted by Crippen LogP contribution is 2.36. The lowest BCUT2D eigenvalue weighted by molar-refractivity contribution is -0.385. The number of benzene rings is 1. The van der Waals surface area contributed by atoms with E-state index in [0.717, 1.165) is 18.2 Å². The summed E-state index contributed by atoms with van der Waals surface area (Å²) in [6, 6.07) is 0.770. The quantitative estimate of drug-likeness (QED) is 0.503. The summed E-state index contributed by atoms with van der Waals surface area (Å²) in [7, 11) is 0. The van der Waals surface area contributed by atoms with Crippen LogP contribution in [0.1, 0.15) is 18.5 Å². The summed E-state index contributed by atoms with van der Waals surface area (Å²) in [5.74, 6) is -5.86. The Bertz CT molecular complexity index is 543. The van der Waals surface area contributed by atoms with Gasteiger partial charge in [0.05, 0.1) is 11.5 Å². The summed E-state index contributed by atoms with van der Waals surface area (Å²) in [5.41, 5.74) is 4.45. The van der Waals surface area contributed by atoms with Gasteiger partial charge in [-0.05, 0) is 13.0 Å². The molecule has 0 unspecified atom stereocenters. The summed E-state index contributed by atoms with van der Waals surface area (Å²) in [4.78, 5) is 21.0. The summed E-state index contributed by atoms with van der Waals surface area (Å²) >= 11 is 5.70. The third-order valence-electron chi connectivity index (χ3n) is 2.46. The zero-order chi connectivity index (χ0) is 15.5. The lowest BCUT2D eigenvalue weighted by Gasteiger charge is -2.22. The maximum absolute atomic E-state index is 13.8. The lowest BCUT2D eigenvalue weighted by Crippen LogP contribution is -2.41. The predicted octanol–water partition coefficient (Wildman–Crippen LogP) is 2.87. The zero-order valence-corrected chi connectivity index (χ0v) is 12.3. The molecule has 21 heavy (non-hydrogen) atoms. The molecule has 0 saturated heterocycles. The van der Waals surface area contributed by atoms with Crippen LogP contribution in [0.2, 0.25) is 5.02 Å². The second-order valence-electron chi connectivity index (χ2n) is 3.78. The first kappa shape index (κ1) is 19.5. The van der Waals surface area contributed by atoms with Gasteiger partial charge in [-0.15, -0.1) is 12.4 Å². The van der Waals surface area contributed by atoms with Gasteiger partial charge in [-0.2, -0.15) is 8.78 Å². The molecule has 0 fully saturated rings. The molecule has 0 aliphatic carbocycles. The van der Waals surface area contributed by atoms with Crippen LogP contribution in [0.4, 0.5) is 14.5 Å². The molecule has 6 nitrogen and oxygen atoms in total. The van der Waals surface area contributed by atoms with Crippen molar-refractivity contribution in [3.8, 4) is 0 Å². The number of hydrogen-bond acceptors (Lipinski definition) is 5. The molecular weight excluding hydrogens is 333 g/mol. The Kier molecular flexibility index (Phi) is 6.95. The molecule has 0 saturated carbocycles. The fourth-order valence-corrected chi connectivity index (χ4v) is 1.67. The van der Waals surface area contributed by atoms with E-state index >= 15 is 0 Å². The van der Waals surface area contributed by atoms with Crippen LogP contribution in [0, 0.1) is 10.1 Å². The highest BCUT2D eigenvalue weighted by Gasteiger charge is 2.48. The Morgan fingerprint density at radius 1 is 1.57 bits per heavy atom. The summed E-state index contributed by atoms with van der Waals surface area (Å²) in [6.45, 7) is 1.11. The maximum Gasteiger partial charge on any atom is 0.379 e. The van der Waals surface area contributed by atoms with E-state index in [4.69, 9.17) is 17.3 Å². The second kappa shape index (κ2) is 7.48. The Morgan fingerprint density at radius 2 is 2.14 bits per heavy atom. The van der Waals surface area contributed by atoms with Gasteiger partial charge >= 0.3 is 11.9 Å². The van der Waals surface area contributed by atoms with Crippen molar-refractivity contribution < 1.29 is 23.2 Å². The minimum atomic E-state index is -4.05. The number of rotatable bonds is 5. The molecular formula is C11H12Cl2F2N2O4. The number of esters is 1. The molecule has 0 radical (unpaired) electrons. The van der Waals surface area contributed by atoms with Crippen LogP contribution in [0.25, 0.3) is 0 Å². The number of nitrogens with two attached hydrogens (primary N) is 1. The Balaban J connectivity index is 0.00000400. The number of nitro benzene ring substituents is 1.